The normalized spacial score (nSPS) is 12.9. The molecule has 0 amide bonds. The number of unbranched alkanes of at least 4 members (excludes halogenated alkanes) is 22. The van der Waals surface area contributed by atoms with Gasteiger partial charge in [0.15, 0.2) is 6.10 Å². The third-order valence-corrected chi connectivity index (χ3v) is 11.8. The van der Waals surface area contributed by atoms with Crippen LogP contribution in [0.3, 0.4) is 0 Å². The minimum Gasteiger partial charge on any atom is -0.462 e. The van der Waals surface area contributed by atoms with Crippen molar-refractivity contribution in [2.75, 3.05) is 13.2 Å². The number of ether oxygens (including phenoxy) is 3. The molecule has 392 valence electrons. The molecule has 0 heterocycles. The van der Waals surface area contributed by atoms with E-state index in [9.17, 15) is 14.4 Å². The second-order valence-electron chi connectivity index (χ2n) is 18.5. The zero-order valence-corrected chi connectivity index (χ0v) is 44.8. The largest absolute Gasteiger partial charge is 0.462 e. The van der Waals surface area contributed by atoms with Crippen LogP contribution in [0, 0.1) is 0 Å². The van der Waals surface area contributed by atoms with Crippen LogP contribution in [0.25, 0.3) is 0 Å². The Morgan fingerprint density at radius 1 is 0.319 bits per heavy atom. The summed E-state index contributed by atoms with van der Waals surface area (Å²) in [6, 6.07) is 0. The van der Waals surface area contributed by atoms with Gasteiger partial charge >= 0.3 is 17.9 Å². The van der Waals surface area contributed by atoms with E-state index in [4.69, 9.17) is 14.2 Å². The quantitative estimate of drug-likeness (QED) is 0.0199. The van der Waals surface area contributed by atoms with E-state index >= 15 is 0 Å². The van der Waals surface area contributed by atoms with E-state index in [2.05, 4.69) is 130 Å². The number of carbonyl (C=O) groups excluding carboxylic acids is 3. The number of hydrogen-bond acceptors (Lipinski definition) is 6. The van der Waals surface area contributed by atoms with E-state index in [0.717, 1.165) is 116 Å². The van der Waals surface area contributed by atoms with Gasteiger partial charge in [0.2, 0.25) is 0 Å². The molecule has 0 spiro atoms. The molecule has 0 fully saturated rings. The van der Waals surface area contributed by atoms with Crippen LogP contribution in [0.5, 0.6) is 0 Å². The van der Waals surface area contributed by atoms with E-state index in [-0.39, 0.29) is 31.1 Å². The summed E-state index contributed by atoms with van der Waals surface area (Å²) in [6.07, 6.45) is 76.4. The Morgan fingerprint density at radius 3 is 0.986 bits per heavy atom. The van der Waals surface area contributed by atoms with E-state index in [1.54, 1.807) is 0 Å². The highest BCUT2D eigenvalue weighted by molar-refractivity contribution is 5.71. The molecule has 0 aromatic heterocycles. The fourth-order valence-corrected chi connectivity index (χ4v) is 7.49. The average Bonchev–Trinajstić information content (AvgIpc) is 3.35. The number of hydrogen-bond donors (Lipinski definition) is 0. The third kappa shape index (κ3) is 54.9. The van der Waals surface area contributed by atoms with Gasteiger partial charge in [-0.15, -0.1) is 0 Å². The van der Waals surface area contributed by atoms with Crippen molar-refractivity contribution in [1.82, 2.24) is 0 Å². The minimum atomic E-state index is -0.804. The lowest BCUT2D eigenvalue weighted by Gasteiger charge is -2.18. The molecule has 0 aliphatic carbocycles. The average molecular weight is 958 g/mol. The number of esters is 3. The molecule has 0 aliphatic heterocycles. The van der Waals surface area contributed by atoms with Crippen molar-refractivity contribution < 1.29 is 28.6 Å². The topological polar surface area (TPSA) is 78.9 Å². The van der Waals surface area contributed by atoms with Gasteiger partial charge in [-0.2, -0.15) is 0 Å². The van der Waals surface area contributed by atoms with Gasteiger partial charge in [0.25, 0.3) is 0 Å². The fourth-order valence-electron chi connectivity index (χ4n) is 7.49. The zero-order chi connectivity index (χ0) is 50.0. The molecule has 0 rings (SSSR count). The molecule has 0 aromatic rings. The Labute approximate surface area is 425 Å². The molecule has 0 bridgehead atoms. The van der Waals surface area contributed by atoms with Gasteiger partial charge in [-0.3, -0.25) is 14.4 Å². The number of carbonyl (C=O) groups is 3. The molecule has 69 heavy (non-hydrogen) atoms. The molecule has 0 radical (unpaired) electrons. The molecule has 6 heteroatoms. The summed E-state index contributed by atoms with van der Waals surface area (Å²) in [5.41, 5.74) is 0. The third-order valence-electron chi connectivity index (χ3n) is 11.8. The molecule has 0 aromatic carbocycles. The van der Waals surface area contributed by atoms with E-state index < -0.39 is 6.10 Å². The van der Waals surface area contributed by atoms with Crippen LogP contribution in [0.4, 0.5) is 0 Å². The highest BCUT2D eigenvalue weighted by Crippen LogP contribution is 2.14. The van der Waals surface area contributed by atoms with Crippen LogP contribution >= 0.6 is 0 Å². The predicted molar refractivity (Wildman–Crippen MR) is 297 cm³/mol. The Hall–Kier alpha value is -3.93. The van der Waals surface area contributed by atoms with Gasteiger partial charge in [-0.25, -0.2) is 0 Å². The molecule has 0 saturated carbocycles. The van der Waals surface area contributed by atoms with Gasteiger partial charge < -0.3 is 14.2 Å². The standard InChI is InChI=1S/C63H104O6/c1-4-7-10-13-16-19-22-25-28-30-31-33-35-38-41-44-47-50-53-56-62(65)68-59-60(58-67-61(64)55-52-49-46-43-40-37-34-27-24-21-18-15-12-9-6-3)69-63(66)57-54-51-48-45-42-39-36-32-29-26-23-20-17-14-11-8-5-2/h7,10,16-21,24-29,31,33,38,41,60H,4-6,8-9,11-15,22-23,30,32,34-37,39-40,42-59H2,1-3H3/b10-7-,19-16-,20-17-,21-18-,27-24-,28-25-,29-26-,33-31-,41-38-. The fraction of sp³-hybridized carbons (Fsp3) is 0.667. The predicted octanol–water partition coefficient (Wildman–Crippen LogP) is 19.1. The summed E-state index contributed by atoms with van der Waals surface area (Å²) in [6.45, 7) is 6.43. The van der Waals surface area contributed by atoms with Crippen LogP contribution in [0.15, 0.2) is 109 Å². The van der Waals surface area contributed by atoms with E-state index in [0.29, 0.717) is 19.3 Å². The maximum absolute atomic E-state index is 12.9. The highest BCUT2D eigenvalue weighted by atomic mass is 16.6. The van der Waals surface area contributed by atoms with Gasteiger partial charge in [0.1, 0.15) is 13.2 Å². The second-order valence-corrected chi connectivity index (χ2v) is 18.5. The molecular weight excluding hydrogens is 853 g/mol. The summed E-state index contributed by atoms with van der Waals surface area (Å²) in [5.74, 6) is -0.951. The van der Waals surface area contributed by atoms with Crippen LogP contribution in [0.2, 0.25) is 0 Å². The maximum atomic E-state index is 12.9. The Balaban J connectivity index is 4.49. The Kier molecular flexibility index (Phi) is 53.4. The van der Waals surface area contributed by atoms with Crippen LogP contribution < -0.4 is 0 Å². The lowest BCUT2D eigenvalue weighted by molar-refractivity contribution is -0.167. The molecule has 0 N–H and O–H groups in total. The highest BCUT2D eigenvalue weighted by Gasteiger charge is 2.19. The Bertz CT molecular complexity index is 1420. The van der Waals surface area contributed by atoms with Crippen molar-refractivity contribution in [2.24, 2.45) is 0 Å². The smallest absolute Gasteiger partial charge is 0.306 e. The number of rotatable bonds is 50. The van der Waals surface area contributed by atoms with E-state index in [1.807, 2.05) is 0 Å². The maximum Gasteiger partial charge on any atom is 0.306 e. The summed E-state index contributed by atoms with van der Waals surface area (Å²) in [7, 11) is 0. The van der Waals surface area contributed by atoms with Crippen molar-refractivity contribution in [2.45, 2.75) is 258 Å². The van der Waals surface area contributed by atoms with Gasteiger partial charge in [0.05, 0.1) is 0 Å². The van der Waals surface area contributed by atoms with Crippen LogP contribution in [-0.2, 0) is 28.6 Å². The zero-order valence-electron chi connectivity index (χ0n) is 44.8. The first-order chi connectivity index (χ1) is 34.0. The summed E-state index contributed by atoms with van der Waals surface area (Å²) < 4.78 is 16.8. The SMILES string of the molecule is CC/C=C\C/C=C\C/C=C\C/C=C\C/C=C\CCCCCC(=O)OCC(COC(=O)CCCCCCCC/C=C\C=C/CCCCC)OC(=O)CCCCCCCCC/C=C\C/C=C\CCCCC. The Morgan fingerprint density at radius 2 is 0.609 bits per heavy atom. The summed E-state index contributed by atoms with van der Waals surface area (Å²) >= 11 is 0. The lowest BCUT2D eigenvalue weighted by atomic mass is 10.1. The minimum absolute atomic E-state index is 0.0997. The second kappa shape index (κ2) is 56.7. The summed E-state index contributed by atoms with van der Waals surface area (Å²) in [4.78, 5) is 38.2. The first-order valence-electron chi connectivity index (χ1n) is 28.4. The van der Waals surface area contributed by atoms with Crippen molar-refractivity contribution in [3.63, 3.8) is 0 Å². The first kappa shape index (κ1) is 65.1. The van der Waals surface area contributed by atoms with E-state index in [1.165, 1.54) is 96.3 Å². The van der Waals surface area contributed by atoms with Crippen molar-refractivity contribution in [3.05, 3.63) is 109 Å². The monoisotopic (exact) mass is 957 g/mol. The van der Waals surface area contributed by atoms with Gasteiger partial charge in [-0.1, -0.05) is 220 Å². The van der Waals surface area contributed by atoms with Crippen LogP contribution in [0.1, 0.15) is 252 Å². The number of allylic oxidation sites excluding steroid dienone is 18. The molecule has 6 nitrogen and oxygen atoms in total. The summed E-state index contributed by atoms with van der Waals surface area (Å²) in [5, 5.41) is 0. The van der Waals surface area contributed by atoms with Crippen molar-refractivity contribution in [1.29, 1.82) is 0 Å². The molecule has 1 atom stereocenters. The first-order valence-corrected chi connectivity index (χ1v) is 28.4. The van der Waals surface area contributed by atoms with Gasteiger partial charge in [-0.05, 0) is 122 Å². The van der Waals surface area contributed by atoms with Crippen molar-refractivity contribution in [3.8, 4) is 0 Å². The lowest BCUT2D eigenvalue weighted by Crippen LogP contribution is -2.30. The molecule has 0 aliphatic rings. The van der Waals surface area contributed by atoms with Crippen molar-refractivity contribution >= 4 is 17.9 Å². The molecular formula is C63H104O6. The molecule has 0 saturated heterocycles. The van der Waals surface area contributed by atoms with Gasteiger partial charge in [0, 0.05) is 19.3 Å². The molecule has 1 unspecified atom stereocenters. The van der Waals surface area contributed by atoms with Crippen LogP contribution in [-0.4, -0.2) is 37.2 Å².